The molecule has 1 aromatic carbocycles. The quantitative estimate of drug-likeness (QED) is 0.691. The molecule has 0 amide bonds. The van der Waals surface area contributed by atoms with Crippen LogP contribution in [0.25, 0.3) is 0 Å². The van der Waals surface area contributed by atoms with Crippen molar-refractivity contribution in [1.29, 1.82) is 0 Å². The van der Waals surface area contributed by atoms with E-state index in [1.54, 1.807) is 0 Å². The van der Waals surface area contributed by atoms with Gasteiger partial charge in [0.15, 0.2) is 5.79 Å². The van der Waals surface area contributed by atoms with Gasteiger partial charge >= 0.3 is 0 Å². The molecule has 1 N–H and O–H groups in total. The van der Waals surface area contributed by atoms with Crippen LogP contribution in [0.4, 0.5) is 0 Å². The van der Waals surface area contributed by atoms with Crippen molar-refractivity contribution in [2.75, 3.05) is 19.8 Å². The highest BCUT2D eigenvalue weighted by atomic mass is 16.7. The molecule has 1 aliphatic carbocycles. The van der Waals surface area contributed by atoms with Crippen LogP contribution in [0.2, 0.25) is 0 Å². The molecule has 2 atom stereocenters. The lowest BCUT2D eigenvalue weighted by molar-refractivity contribution is -0.0997. The van der Waals surface area contributed by atoms with Gasteiger partial charge in [-0.25, -0.2) is 0 Å². The Balaban J connectivity index is 1.71. The molecule has 1 aliphatic heterocycles. The molecule has 4 heteroatoms. The third kappa shape index (κ3) is 4.52. The van der Waals surface area contributed by atoms with Crippen LogP contribution in [0, 0.1) is 11.3 Å². The highest BCUT2D eigenvalue weighted by Gasteiger charge is 2.40. The zero-order chi connectivity index (χ0) is 19.3. The van der Waals surface area contributed by atoms with Crippen LogP contribution < -0.4 is 0 Å². The molecule has 0 unspecified atom stereocenters. The Morgan fingerprint density at radius 1 is 1.22 bits per heavy atom. The van der Waals surface area contributed by atoms with E-state index in [-0.39, 0.29) is 11.3 Å². The largest absolute Gasteiger partial charge is 0.512 e. The SMILES string of the molecule is C=C[C@]1(C)C(/C=C/C2(C)OCCO2)=C(O)CC[C@H]1COCc1ccccc1. The van der Waals surface area contributed by atoms with Gasteiger partial charge in [0.25, 0.3) is 0 Å². The Kier molecular flexibility index (Phi) is 6.20. The van der Waals surface area contributed by atoms with E-state index in [0.29, 0.717) is 38.6 Å². The summed E-state index contributed by atoms with van der Waals surface area (Å²) in [4.78, 5) is 0. The van der Waals surface area contributed by atoms with Crippen LogP contribution >= 0.6 is 0 Å². The number of hydrogen-bond acceptors (Lipinski definition) is 4. The Morgan fingerprint density at radius 3 is 2.59 bits per heavy atom. The number of aliphatic hydroxyl groups is 1. The minimum Gasteiger partial charge on any atom is -0.512 e. The number of hydrogen-bond donors (Lipinski definition) is 1. The van der Waals surface area contributed by atoms with E-state index in [2.05, 4.69) is 25.6 Å². The smallest absolute Gasteiger partial charge is 0.185 e. The van der Waals surface area contributed by atoms with Crippen molar-refractivity contribution in [1.82, 2.24) is 0 Å². The van der Waals surface area contributed by atoms with E-state index in [9.17, 15) is 5.11 Å². The second-order valence-electron chi connectivity index (χ2n) is 7.63. The Bertz CT molecular complexity index is 700. The summed E-state index contributed by atoms with van der Waals surface area (Å²) in [5.41, 5.74) is 1.66. The molecular weight excluding hydrogens is 340 g/mol. The number of allylic oxidation sites excluding steroid dienone is 4. The van der Waals surface area contributed by atoms with Crippen molar-refractivity contribution in [3.05, 3.63) is 72.0 Å². The maximum Gasteiger partial charge on any atom is 0.185 e. The minimum atomic E-state index is -0.730. The molecule has 2 aliphatic rings. The summed E-state index contributed by atoms with van der Waals surface area (Å²) in [5.74, 6) is -0.0754. The van der Waals surface area contributed by atoms with Gasteiger partial charge in [0.2, 0.25) is 0 Å². The lowest BCUT2D eigenvalue weighted by Crippen LogP contribution is -2.35. The lowest BCUT2D eigenvalue weighted by atomic mass is 9.66. The molecule has 0 bridgehead atoms. The third-order valence-electron chi connectivity index (χ3n) is 5.74. The molecule has 146 valence electrons. The van der Waals surface area contributed by atoms with E-state index in [4.69, 9.17) is 14.2 Å². The zero-order valence-corrected chi connectivity index (χ0v) is 16.3. The molecule has 0 radical (unpaired) electrons. The fourth-order valence-corrected chi connectivity index (χ4v) is 3.84. The summed E-state index contributed by atoms with van der Waals surface area (Å²) >= 11 is 0. The molecule has 27 heavy (non-hydrogen) atoms. The summed E-state index contributed by atoms with van der Waals surface area (Å²) in [5, 5.41) is 10.6. The summed E-state index contributed by atoms with van der Waals surface area (Å²) in [6.07, 6.45) is 7.26. The standard InChI is InChI=1S/C23H30O4/c1-4-22(2)19(17-25-16-18-8-6-5-7-9-18)10-11-21(24)20(22)12-13-23(3)26-14-15-27-23/h4-9,12-13,19,24H,1,10-11,14-17H2,2-3H3/b13-12+/t19-,22-/m0/s1. The predicted molar refractivity (Wildman–Crippen MR) is 106 cm³/mol. The highest BCUT2D eigenvalue weighted by Crippen LogP contribution is 2.46. The van der Waals surface area contributed by atoms with Crippen molar-refractivity contribution >= 4 is 0 Å². The average Bonchev–Trinajstić information content (AvgIpc) is 3.11. The molecule has 0 spiro atoms. The van der Waals surface area contributed by atoms with Gasteiger partial charge in [-0.1, -0.05) is 49.4 Å². The van der Waals surface area contributed by atoms with Crippen molar-refractivity contribution in [3.63, 3.8) is 0 Å². The molecule has 1 aromatic rings. The van der Waals surface area contributed by atoms with Crippen molar-refractivity contribution in [2.45, 2.75) is 39.1 Å². The van der Waals surface area contributed by atoms with Crippen LogP contribution in [-0.4, -0.2) is 30.7 Å². The normalized spacial score (nSPS) is 28.0. The first-order valence-corrected chi connectivity index (χ1v) is 9.62. The van der Waals surface area contributed by atoms with Crippen molar-refractivity contribution < 1.29 is 19.3 Å². The average molecular weight is 370 g/mol. The molecule has 1 saturated heterocycles. The third-order valence-corrected chi connectivity index (χ3v) is 5.74. The molecule has 1 heterocycles. The zero-order valence-electron chi connectivity index (χ0n) is 16.3. The van der Waals surface area contributed by atoms with Gasteiger partial charge in [-0.2, -0.15) is 0 Å². The second kappa shape index (κ2) is 8.42. The fraction of sp³-hybridized carbons (Fsp3) is 0.478. The number of benzene rings is 1. The number of ether oxygens (including phenoxy) is 3. The molecular formula is C23H30O4. The van der Waals surface area contributed by atoms with Gasteiger partial charge in [-0.05, 0) is 36.5 Å². The van der Waals surface area contributed by atoms with Crippen LogP contribution in [-0.2, 0) is 20.8 Å². The van der Waals surface area contributed by atoms with Crippen molar-refractivity contribution in [2.24, 2.45) is 11.3 Å². The van der Waals surface area contributed by atoms with Crippen LogP contribution in [0.3, 0.4) is 0 Å². The maximum absolute atomic E-state index is 10.6. The van der Waals surface area contributed by atoms with Crippen LogP contribution in [0.15, 0.2) is 66.5 Å². The van der Waals surface area contributed by atoms with Gasteiger partial charge in [-0.3, -0.25) is 0 Å². The first-order chi connectivity index (χ1) is 13.0. The van der Waals surface area contributed by atoms with Gasteiger partial charge in [0.1, 0.15) is 0 Å². The Labute approximate surface area is 162 Å². The van der Waals surface area contributed by atoms with E-state index in [1.807, 2.05) is 43.4 Å². The molecule has 0 aromatic heterocycles. The van der Waals surface area contributed by atoms with Crippen LogP contribution in [0.5, 0.6) is 0 Å². The second-order valence-corrected chi connectivity index (χ2v) is 7.63. The van der Waals surface area contributed by atoms with E-state index >= 15 is 0 Å². The number of rotatable bonds is 7. The predicted octanol–water partition coefficient (Wildman–Crippen LogP) is 4.94. The monoisotopic (exact) mass is 370 g/mol. The Morgan fingerprint density at radius 2 is 1.93 bits per heavy atom. The summed E-state index contributed by atoms with van der Waals surface area (Å²) in [6, 6.07) is 10.2. The molecule has 4 nitrogen and oxygen atoms in total. The van der Waals surface area contributed by atoms with Gasteiger partial charge in [0, 0.05) is 11.8 Å². The topological polar surface area (TPSA) is 47.9 Å². The number of aliphatic hydroxyl groups excluding tert-OH is 1. The van der Waals surface area contributed by atoms with Gasteiger partial charge < -0.3 is 19.3 Å². The van der Waals surface area contributed by atoms with Gasteiger partial charge in [0.05, 0.1) is 32.2 Å². The molecule has 3 rings (SSSR count). The molecule has 0 saturated carbocycles. The molecule has 1 fully saturated rings. The van der Waals surface area contributed by atoms with E-state index in [1.165, 1.54) is 0 Å². The first kappa shape index (κ1) is 19.9. The lowest BCUT2D eigenvalue weighted by Gasteiger charge is -2.40. The highest BCUT2D eigenvalue weighted by molar-refractivity contribution is 5.37. The van der Waals surface area contributed by atoms with Crippen LogP contribution in [0.1, 0.15) is 32.3 Å². The van der Waals surface area contributed by atoms with Crippen molar-refractivity contribution in [3.8, 4) is 0 Å². The maximum atomic E-state index is 10.6. The summed E-state index contributed by atoms with van der Waals surface area (Å²) < 4.78 is 17.3. The summed E-state index contributed by atoms with van der Waals surface area (Å²) in [7, 11) is 0. The summed E-state index contributed by atoms with van der Waals surface area (Å²) in [6.45, 7) is 10.4. The minimum absolute atomic E-state index is 0.243. The fourth-order valence-electron chi connectivity index (χ4n) is 3.84. The van der Waals surface area contributed by atoms with E-state index < -0.39 is 5.79 Å². The Hall–Kier alpha value is -1.88. The first-order valence-electron chi connectivity index (χ1n) is 9.62. The van der Waals surface area contributed by atoms with E-state index in [0.717, 1.165) is 17.6 Å². The van der Waals surface area contributed by atoms with Gasteiger partial charge in [-0.15, -0.1) is 6.58 Å².